The van der Waals surface area contributed by atoms with E-state index in [0.29, 0.717) is 23.5 Å². The first-order valence-electron chi connectivity index (χ1n) is 5.30. The third-order valence-corrected chi connectivity index (χ3v) is 3.23. The summed E-state index contributed by atoms with van der Waals surface area (Å²) in [5, 5.41) is 3.17. The van der Waals surface area contributed by atoms with Gasteiger partial charge < -0.3 is 15.8 Å². The van der Waals surface area contributed by atoms with Crippen molar-refractivity contribution in [3.05, 3.63) is 40.3 Å². The van der Waals surface area contributed by atoms with Crippen molar-refractivity contribution in [2.45, 2.75) is 6.54 Å². The molecule has 0 aliphatic rings. The molecule has 0 saturated heterocycles. The first-order valence-corrected chi connectivity index (χ1v) is 6.18. The fourth-order valence-corrected chi connectivity index (χ4v) is 2.05. The molecule has 94 valence electrons. The van der Waals surface area contributed by atoms with Crippen LogP contribution < -0.4 is 11.1 Å². The van der Waals surface area contributed by atoms with Crippen molar-refractivity contribution >= 4 is 28.7 Å². The molecule has 1 aromatic heterocycles. The minimum Gasteiger partial charge on any atom is -0.465 e. The van der Waals surface area contributed by atoms with E-state index in [9.17, 15) is 4.79 Å². The summed E-state index contributed by atoms with van der Waals surface area (Å²) in [6, 6.07) is 5.22. The van der Waals surface area contributed by atoms with Crippen molar-refractivity contribution in [3.63, 3.8) is 0 Å². The Morgan fingerprint density at radius 3 is 3.06 bits per heavy atom. The Kier molecular flexibility index (Phi) is 3.78. The molecule has 0 aliphatic carbocycles. The van der Waals surface area contributed by atoms with Crippen molar-refractivity contribution in [2.24, 2.45) is 0 Å². The average molecular weight is 263 g/mol. The lowest BCUT2D eigenvalue weighted by Crippen LogP contribution is -2.09. The van der Waals surface area contributed by atoms with Gasteiger partial charge in [-0.25, -0.2) is 4.79 Å². The maximum Gasteiger partial charge on any atom is 0.340 e. The van der Waals surface area contributed by atoms with E-state index in [4.69, 9.17) is 5.73 Å². The lowest BCUT2D eigenvalue weighted by Gasteiger charge is -2.11. The van der Waals surface area contributed by atoms with Gasteiger partial charge in [-0.1, -0.05) is 6.07 Å². The molecule has 0 amide bonds. The van der Waals surface area contributed by atoms with Gasteiger partial charge in [0.1, 0.15) is 0 Å². The van der Waals surface area contributed by atoms with Gasteiger partial charge in [0.15, 0.2) is 0 Å². The minimum atomic E-state index is -0.436. The summed E-state index contributed by atoms with van der Waals surface area (Å²) in [5.41, 5.74) is 9.17. The molecule has 0 bridgehead atoms. The smallest absolute Gasteiger partial charge is 0.340 e. The molecule has 0 unspecified atom stereocenters. The summed E-state index contributed by atoms with van der Waals surface area (Å²) in [6.45, 7) is 0.624. The summed E-state index contributed by atoms with van der Waals surface area (Å²) in [6.07, 6.45) is 1.79. The number of aromatic nitrogens is 1. The average Bonchev–Trinajstić information content (AvgIpc) is 2.90. The van der Waals surface area contributed by atoms with Crippen LogP contribution in [0.4, 0.5) is 11.4 Å². The summed E-state index contributed by atoms with van der Waals surface area (Å²) in [4.78, 5) is 16.6. The van der Waals surface area contributed by atoms with E-state index in [1.807, 2.05) is 6.07 Å². The number of anilines is 2. The van der Waals surface area contributed by atoms with Crippen LogP contribution in [0.25, 0.3) is 0 Å². The summed E-state index contributed by atoms with van der Waals surface area (Å²) >= 11 is 1.56. The van der Waals surface area contributed by atoms with Gasteiger partial charge in [-0.05, 0) is 12.1 Å². The summed E-state index contributed by atoms with van der Waals surface area (Å²) in [5.74, 6) is -0.436. The van der Waals surface area contributed by atoms with Gasteiger partial charge in [0.25, 0.3) is 0 Å². The Labute approximate surface area is 109 Å². The molecule has 0 atom stereocenters. The molecular weight excluding hydrogens is 250 g/mol. The second-order valence-corrected chi connectivity index (χ2v) is 4.55. The molecule has 0 aliphatic heterocycles. The molecule has 2 rings (SSSR count). The quantitative estimate of drug-likeness (QED) is 0.652. The maximum atomic E-state index is 11.5. The lowest BCUT2D eigenvalue weighted by atomic mass is 10.1. The van der Waals surface area contributed by atoms with E-state index in [1.54, 1.807) is 35.2 Å². The number of nitrogen functional groups attached to an aromatic ring is 1. The van der Waals surface area contributed by atoms with Crippen LogP contribution in [-0.2, 0) is 11.3 Å². The van der Waals surface area contributed by atoms with Crippen LogP contribution in [0.5, 0.6) is 0 Å². The second-order valence-electron chi connectivity index (χ2n) is 3.58. The molecule has 18 heavy (non-hydrogen) atoms. The number of nitrogens with one attached hydrogen (secondary N) is 1. The zero-order valence-electron chi connectivity index (χ0n) is 9.84. The van der Waals surface area contributed by atoms with E-state index in [1.165, 1.54) is 7.11 Å². The zero-order chi connectivity index (χ0) is 13.0. The third kappa shape index (κ3) is 2.60. The molecule has 6 heteroatoms. The highest BCUT2D eigenvalue weighted by Crippen LogP contribution is 2.24. The third-order valence-electron chi connectivity index (χ3n) is 2.45. The highest BCUT2D eigenvalue weighted by molar-refractivity contribution is 7.09. The monoisotopic (exact) mass is 263 g/mol. The second kappa shape index (κ2) is 5.50. The fourth-order valence-electron chi connectivity index (χ4n) is 1.52. The molecule has 5 nitrogen and oxygen atoms in total. The molecule has 2 aromatic rings. The molecular formula is C12H13N3O2S. The van der Waals surface area contributed by atoms with E-state index >= 15 is 0 Å². The highest BCUT2D eigenvalue weighted by atomic mass is 32.1. The van der Waals surface area contributed by atoms with Crippen LogP contribution >= 0.6 is 11.3 Å². The maximum absolute atomic E-state index is 11.5. The van der Waals surface area contributed by atoms with Crippen LogP contribution in [0.15, 0.2) is 29.9 Å². The van der Waals surface area contributed by atoms with Crippen molar-refractivity contribution < 1.29 is 9.53 Å². The number of methoxy groups -OCH3 is 1. The first kappa shape index (κ1) is 12.4. The van der Waals surface area contributed by atoms with Gasteiger partial charge in [-0.2, -0.15) is 0 Å². The molecule has 0 spiro atoms. The van der Waals surface area contributed by atoms with Gasteiger partial charge in [-0.3, -0.25) is 4.98 Å². The number of esters is 1. The van der Waals surface area contributed by atoms with E-state index in [-0.39, 0.29) is 0 Å². The first-order chi connectivity index (χ1) is 8.72. The van der Waals surface area contributed by atoms with Crippen LogP contribution in [0.1, 0.15) is 15.2 Å². The van der Waals surface area contributed by atoms with Crippen LogP contribution in [-0.4, -0.2) is 18.1 Å². The van der Waals surface area contributed by atoms with Gasteiger partial charge in [-0.15, -0.1) is 11.3 Å². The Morgan fingerprint density at radius 2 is 2.39 bits per heavy atom. The van der Waals surface area contributed by atoms with E-state index in [2.05, 4.69) is 15.0 Å². The van der Waals surface area contributed by atoms with Crippen molar-refractivity contribution in [1.82, 2.24) is 4.98 Å². The molecule has 0 fully saturated rings. The minimum absolute atomic E-state index is 0.367. The Hall–Kier alpha value is -2.08. The predicted molar refractivity (Wildman–Crippen MR) is 71.6 cm³/mol. The number of hydrogen-bond donors (Lipinski definition) is 2. The number of thiazole rings is 1. The number of carbonyl (C=O) groups is 1. The predicted octanol–water partition coefficient (Wildman–Crippen LogP) is 2.12. The van der Waals surface area contributed by atoms with Gasteiger partial charge in [0.05, 0.1) is 36.1 Å². The number of hydrogen-bond acceptors (Lipinski definition) is 6. The van der Waals surface area contributed by atoms with Gasteiger partial charge in [0, 0.05) is 11.1 Å². The number of ether oxygens (including phenoxy) is 1. The molecule has 0 saturated carbocycles. The Bertz CT molecular complexity index is 540. The lowest BCUT2D eigenvalue weighted by molar-refractivity contribution is 0.0602. The number of nitrogens with zero attached hydrogens (tertiary/aromatic N) is 1. The molecule has 3 N–H and O–H groups in total. The van der Waals surface area contributed by atoms with Crippen LogP contribution in [0, 0.1) is 0 Å². The van der Waals surface area contributed by atoms with E-state index in [0.717, 1.165) is 4.88 Å². The van der Waals surface area contributed by atoms with E-state index < -0.39 is 5.97 Å². The largest absolute Gasteiger partial charge is 0.465 e. The summed E-state index contributed by atoms with van der Waals surface area (Å²) < 4.78 is 4.67. The standard InChI is InChI=1S/C12H13N3O2S/c1-17-12(16)9-3-2-4-10(11(9)13)15-6-8-5-14-7-18-8/h2-5,7,15H,6,13H2,1H3. The Morgan fingerprint density at radius 1 is 1.56 bits per heavy atom. The molecule has 1 heterocycles. The summed E-state index contributed by atoms with van der Waals surface area (Å²) in [7, 11) is 1.33. The van der Waals surface area contributed by atoms with Gasteiger partial charge in [0.2, 0.25) is 0 Å². The number of rotatable bonds is 4. The van der Waals surface area contributed by atoms with Crippen molar-refractivity contribution in [2.75, 3.05) is 18.2 Å². The van der Waals surface area contributed by atoms with Crippen molar-refractivity contribution in [1.29, 1.82) is 0 Å². The highest BCUT2D eigenvalue weighted by Gasteiger charge is 2.12. The van der Waals surface area contributed by atoms with Crippen LogP contribution in [0.3, 0.4) is 0 Å². The number of para-hydroxylation sites is 1. The van der Waals surface area contributed by atoms with Crippen LogP contribution in [0.2, 0.25) is 0 Å². The SMILES string of the molecule is COC(=O)c1cccc(NCc2cncs2)c1N. The zero-order valence-corrected chi connectivity index (χ0v) is 10.7. The van der Waals surface area contributed by atoms with Gasteiger partial charge >= 0.3 is 5.97 Å². The molecule has 0 radical (unpaired) electrons. The number of carbonyl (C=O) groups excluding carboxylic acids is 1. The number of nitrogens with two attached hydrogens (primary N) is 1. The normalized spacial score (nSPS) is 10.1. The number of benzene rings is 1. The van der Waals surface area contributed by atoms with Crippen molar-refractivity contribution in [3.8, 4) is 0 Å². The molecule has 1 aromatic carbocycles. The topological polar surface area (TPSA) is 77.2 Å². The Balaban J connectivity index is 2.16. The fraction of sp³-hybridized carbons (Fsp3) is 0.167.